The van der Waals surface area contributed by atoms with Crippen LogP contribution in [0.25, 0.3) is 0 Å². The number of para-hydroxylation sites is 1. The molecular weight excluding hydrogens is 554 g/mol. The quantitative estimate of drug-likeness (QED) is 0.488. The second-order valence-electron chi connectivity index (χ2n) is 11.8. The summed E-state index contributed by atoms with van der Waals surface area (Å²) >= 11 is 6.02. The molecule has 3 aliphatic rings. The van der Waals surface area contributed by atoms with Crippen molar-refractivity contribution in [2.75, 3.05) is 31.2 Å². The smallest absolute Gasteiger partial charge is 0.250 e. The van der Waals surface area contributed by atoms with E-state index in [1.54, 1.807) is 21.9 Å². The van der Waals surface area contributed by atoms with Gasteiger partial charge in [-0.15, -0.1) is 0 Å². The van der Waals surface area contributed by atoms with E-state index in [1.165, 1.54) is 13.3 Å². The van der Waals surface area contributed by atoms with Crippen LogP contribution in [0, 0.1) is 0 Å². The predicted molar refractivity (Wildman–Crippen MR) is 162 cm³/mol. The maximum absolute atomic E-state index is 14.1. The van der Waals surface area contributed by atoms with Gasteiger partial charge >= 0.3 is 0 Å². The van der Waals surface area contributed by atoms with Gasteiger partial charge in [-0.3, -0.25) is 19.2 Å². The number of carbonyl (C=O) groups excluding carboxylic acids is 4. The molecule has 1 atom stereocenters. The summed E-state index contributed by atoms with van der Waals surface area (Å²) in [5, 5.41) is 6.56. The SMILES string of the molecule is CC(=O)NC(Cc1ccc(Cl)cc1)C(=O)N1CCC2(CC1)C(=O)N(CC(=O)NC1CCCCC1)CN2c1ccccc1. The Balaban J connectivity index is 1.29. The lowest BCUT2D eigenvalue weighted by Gasteiger charge is -2.44. The summed E-state index contributed by atoms with van der Waals surface area (Å²) in [6, 6.07) is 16.5. The van der Waals surface area contributed by atoms with Gasteiger partial charge in [0.2, 0.25) is 17.7 Å². The number of carbonyl (C=O) groups is 4. The van der Waals surface area contributed by atoms with Gasteiger partial charge in [0.05, 0.1) is 6.67 Å². The lowest BCUT2D eigenvalue weighted by molar-refractivity contribution is -0.141. The molecule has 42 heavy (non-hydrogen) atoms. The van der Waals surface area contributed by atoms with E-state index in [-0.39, 0.29) is 36.2 Å². The Kier molecular flexibility index (Phi) is 9.36. The third kappa shape index (κ3) is 6.72. The van der Waals surface area contributed by atoms with Crippen molar-refractivity contribution in [2.45, 2.75) is 75.9 Å². The summed E-state index contributed by atoms with van der Waals surface area (Å²) in [4.78, 5) is 58.2. The summed E-state index contributed by atoms with van der Waals surface area (Å²) in [5.74, 6) is -0.639. The van der Waals surface area contributed by atoms with Gasteiger partial charge in [-0.2, -0.15) is 0 Å². The molecule has 2 saturated heterocycles. The Labute approximate surface area is 252 Å². The molecule has 1 unspecified atom stereocenters. The van der Waals surface area contributed by atoms with E-state index >= 15 is 0 Å². The van der Waals surface area contributed by atoms with Crippen LogP contribution in [0.4, 0.5) is 5.69 Å². The molecule has 5 rings (SSSR count). The van der Waals surface area contributed by atoms with Crippen LogP contribution in [-0.4, -0.2) is 77.4 Å². The molecule has 1 spiro atoms. The standard InChI is InChI=1S/C32H40ClN5O4/c1-23(39)34-28(20-24-12-14-25(33)15-13-24)30(41)36-18-16-32(17-19-36)31(42)37(22-38(32)27-10-6-3-7-11-27)21-29(40)35-26-8-4-2-5-9-26/h3,6-7,10-15,26,28H,2,4-5,8-9,16-22H2,1H3,(H,34,39)(H,35,40). The monoisotopic (exact) mass is 593 g/mol. The van der Waals surface area contributed by atoms with Crippen LogP contribution in [0.1, 0.15) is 57.4 Å². The number of nitrogens with zero attached hydrogens (tertiary/aromatic N) is 3. The van der Waals surface area contributed by atoms with Crippen molar-refractivity contribution < 1.29 is 19.2 Å². The van der Waals surface area contributed by atoms with E-state index in [4.69, 9.17) is 11.6 Å². The van der Waals surface area contributed by atoms with Gasteiger partial charge in [0.25, 0.3) is 5.91 Å². The van der Waals surface area contributed by atoms with Crippen LogP contribution in [0.5, 0.6) is 0 Å². The molecule has 4 amide bonds. The number of halogens is 1. The Hall–Kier alpha value is -3.59. The largest absolute Gasteiger partial charge is 0.352 e. The molecule has 224 valence electrons. The van der Waals surface area contributed by atoms with E-state index in [2.05, 4.69) is 15.5 Å². The number of hydrogen-bond acceptors (Lipinski definition) is 5. The number of piperidine rings is 1. The third-order valence-electron chi connectivity index (χ3n) is 8.82. The first-order chi connectivity index (χ1) is 20.2. The Morgan fingerprint density at radius 2 is 1.64 bits per heavy atom. The van der Waals surface area contributed by atoms with Crippen molar-refractivity contribution in [1.29, 1.82) is 0 Å². The first-order valence-corrected chi connectivity index (χ1v) is 15.3. The first kappa shape index (κ1) is 29.9. The van der Waals surface area contributed by atoms with Crippen molar-refractivity contribution in [2.24, 2.45) is 0 Å². The fourth-order valence-corrected chi connectivity index (χ4v) is 6.76. The van der Waals surface area contributed by atoms with Crippen molar-refractivity contribution in [3.05, 3.63) is 65.2 Å². The zero-order valence-corrected chi connectivity index (χ0v) is 24.9. The molecule has 0 bridgehead atoms. The van der Waals surface area contributed by atoms with Crippen molar-refractivity contribution in [1.82, 2.24) is 20.4 Å². The Bertz CT molecular complexity index is 1270. The predicted octanol–water partition coefficient (Wildman–Crippen LogP) is 3.50. The van der Waals surface area contributed by atoms with Gasteiger partial charge < -0.3 is 25.3 Å². The minimum atomic E-state index is -0.844. The molecule has 9 nitrogen and oxygen atoms in total. The van der Waals surface area contributed by atoms with Crippen LogP contribution >= 0.6 is 11.6 Å². The average molecular weight is 594 g/mol. The molecule has 2 aromatic carbocycles. The summed E-state index contributed by atoms with van der Waals surface area (Å²) in [5.41, 5.74) is 0.964. The van der Waals surface area contributed by atoms with Crippen molar-refractivity contribution in [3.63, 3.8) is 0 Å². The fraction of sp³-hybridized carbons (Fsp3) is 0.500. The van der Waals surface area contributed by atoms with Crippen LogP contribution < -0.4 is 15.5 Å². The zero-order chi connectivity index (χ0) is 29.7. The summed E-state index contributed by atoms with van der Waals surface area (Å²) < 4.78 is 0. The summed E-state index contributed by atoms with van der Waals surface area (Å²) in [6.45, 7) is 2.48. The van der Waals surface area contributed by atoms with E-state index in [1.807, 2.05) is 42.5 Å². The molecule has 3 fully saturated rings. The Morgan fingerprint density at radius 1 is 0.976 bits per heavy atom. The number of anilines is 1. The lowest BCUT2D eigenvalue weighted by Crippen LogP contribution is -2.59. The van der Waals surface area contributed by atoms with Crippen LogP contribution in [0.15, 0.2) is 54.6 Å². The molecule has 1 saturated carbocycles. The maximum atomic E-state index is 14.1. The van der Waals surface area contributed by atoms with E-state index in [0.29, 0.717) is 44.0 Å². The number of benzene rings is 2. The zero-order valence-electron chi connectivity index (χ0n) is 24.2. The second kappa shape index (κ2) is 13.2. The number of rotatable bonds is 8. The first-order valence-electron chi connectivity index (χ1n) is 15.0. The second-order valence-corrected chi connectivity index (χ2v) is 12.2. The molecule has 2 N–H and O–H groups in total. The molecule has 0 radical (unpaired) electrons. The van der Waals surface area contributed by atoms with Gasteiger partial charge in [0.15, 0.2) is 0 Å². The average Bonchev–Trinajstić information content (AvgIpc) is 3.24. The highest BCUT2D eigenvalue weighted by atomic mass is 35.5. The third-order valence-corrected chi connectivity index (χ3v) is 9.07. The number of nitrogens with one attached hydrogen (secondary N) is 2. The maximum Gasteiger partial charge on any atom is 0.250 e. The van der Waals surface area contributed by atoms with Gasteiger partial charge in [-0.1, -0.05) is 61.2 Å². The van der Waals surface area contributed by atoms with Crippen LogP contribution in [-0.2, 0) is 25.6 Å². The highest BCUT2D eigenvalue weighted by Gasteiger charge is 2.54. The molecule has 10 heteroatoms. The molecular formula is C32H40ClN5O4. The molecule has 0 aromatic heterocycles. The van der Waals surface area contributed by atoms with E-state index in [0.717, 1.165) is 36.9 Å². The summed E-state index contributed by atoms with van der Waals surface area (Å²) in [7, 11) is 0. The Morgan fingerprint density at radius 3 is 2.29 bits per heavy atom. The summed E-state index contributed by atoms with van der Waals surface area (Å²) in [6.07, 6.45) is 6.63. The number of amides is 4. The normalized spacial score (nSPS) is 19.6. The topological polar surface area (TPSA) is 102 Å². The van der Waals surface area contributed by atoms with Crippen LogP contribution in [0.3, 0.4) is 0 Å². The number of hydrogen-bond donors (Lipinski definition) is 2. The van der Waals surface area contributed by atoms with Crippen molar-refractivity contribution in [3.8, 4) is 0 Å². The van der Waals surface area contributed by atoms with Gasteiger partial charge in [0, 0.05) is 43.2 Å². The highest BCUT2D eigenvalue weighted by molar-refractivity contribution is 6.30. The fourth-order valence-electron chi connectivity index (χ4n) is 6.63. The van der Waals surface area contributed by atoms with Gasteiger partial charge in [-0.05, 0) is 55.5 Å². The van der Waals surface area contributed by atoms with Gasteiger partial charge in [0.1, 0.15) is 18.1 Å². The molecule has 2 heterocycles. The highest BCUT2D eigenvalue weighted by Crippen LogP contribution is 2.39. The lowest BCUT2D eigenvalue weighted by atomic mass is 9.85. The van der Waals surface area contributed by atoms with Crippen LogP contribution in [0.2, 0.25) is 5.02 Å². The minimum Gasteiger partial charge on any atom is -0.352 e. The van der Waals surface area contributed by atoms with E-state index < -0.39 is 11.6 Å². The molecule has 1 aliphatic carbocycles. The molecule has 2 aliphatic heterocycles. The van der Waals surface area contributed by atoms with Crippen molar-refractivity contribution >= 4 is 40.9 Å². The minimum absolute atomic E-state index is 0.0226. The molecule has 2 aromatic rings. The van der Waals surface area contributed by atoms with E-state index in [9.17, 15) is 19.2 Å². The number of likely N-dealkylation sites (tertiary alicyclic amines) is 1. The van der Waals surface area contributed by atoms with Gasteiger partial charge in [-0.25, -0.2) is 0 Å².